The molecule has 0 fully saturated rings. The first-order chi connectivity index (χ1) is 18.2. The van der Waals surface area contributed by atoms with Crippen molar-refractivity contribution in [3.8, 4) is 0 Å². The number of halogens is 2. The molecule has 2 aliphatic rings. The van der Waals surface area contributed by atoms with Gasteiger partial charge in [-0.1, -0.05) is 52.0 Å². The molecule has 4 atom stereocenters. The van der Waals surface area contributed by atoms with Gasteiger partial charge in [0.25, 0.3) is 0 Å². The molecular formula is C28H40Cl2N6O4. The highest BCUT2D eigenvalue weighted by atomic mass is 35.5. The Bertz CT molecular complexity index is 1440. The predicted molar refractivity (Wildman–Crippen MR) is 163 cm³/mol. The molecule has 40 heavy (non-hydrogen) atoms. The van der Waals surface area contributed by atoms with E-state index in [1.165, 1.54) is 0 Å². The van der Waals surface area contributed by atoms with Crippen LogP contribution in [-0.2, 0) is 13.1 Å². The number of nitrogens with one attached hydrogen (secondary N) is 4. The molecule has 0 saturated heterocycles. The summed E-state index contributed by atoms with van der Waals surface area (Å²) in [4.78, 5) is 29.6. The number of para-hydroxylation sites is 2. The second kappa shape index (κ2) is 12.9. The van der Waals surface area contributed by atoms with E-state index in [-0.39, 0.29) is 48.3 Å². The van der Waals surface area contributed by atoms with E-state index >= 15 is 0 Å². The second-order valence-electron chi connectivity index (χ2n) is 11.0. The molecule has 6 N–H and O–H groups in total. The number of hydrogen-bond acceptors (Lipinski definition) is 6. The Balaban J connectivity index is 0.000000210. The number of hydrogen-bond donors (Lipinski definition) is 6. The van der Waals surface area contributed by atoms with Gasteiger partial charge in [-0.15, -0.1) is 24.8 Å². The number of nitrogens with zero attached hydrogens (tertiary/aromatic N) is 2. The molecule has 4 aromatic rings. The predicted octanol–water partition coefficient (Wildman–Crippen LogP) is 3.11. The van der Waals surface area contributed by atoms with Crippen LogP contribution in [0, 0.1) is 0 Å². The van der Waals surface area contributed by atoms with Gasteiger partial charge in [-0.2, -0.15) is 0 Å². The Morgan fingerprint density at radius 1 is 0.725 bits per heavy atom. The maximum absolute atomic E-state index is 11.9. The minimum absolute atomic E-state index is 0. The molecule has 6 rings (SSSR count). The zero-order valence-corrected chi connectivity index (χ0v) is 24.8. The highest BCUT2D eigenvalue weighted by Gasteiger charge is 2.29. The zero-order chi connectivity index (χ0) is 27.1. The average molecular weight is 596 g/mol. The van der Waals surface area contributed by atoms with Crippen molar-refractivity contribution in [2.24, 2.45) is 0 Å². The molecule has 4 heterocycles. The van der Waals surface area contributed by atoms with Crippen LogP contribution in [0.25, 0.3) is 22.1 Å². The fourth-order valence-electron chi connectivity index (χ4n) is 5.89. The number of aromatic nitrogens is 4. The lowest BCUT2D eigenvalue weighted by Gasteiger charge is -2.24. The van der Waals surface area contributed by atoms with Crippen LogP contribution in [0.2, 0.25) is 0 Å². The van der Waals surface area contributed by atoms with Crippen LogP contribution in [0.1, 0.15) is 63.9 Å². The molecule has 220 valence electrons. The molecular weight excluding hydrogens is 555 g/mol. The minimum atomic E-state index is -0.588. The summed E-state index contributed by atoms with van der Waals surface area (Å²) < 4.78 is 3.46. The first-order valence-corrected chi connectivity index (χ1v) is 13.5. The lowest BCUT2D eigenvalue weighted by molar-refractivity contribution is 0.121. The van der Waals surface area contributed by atoms with E-state index in [4.69, 9.17) is 0 Å². The number of aryl methyl sites for hydroxylation is 2. The molecule has 0 bridgehead atoms. The van der Waals surface area contributed by atoms with Crippen molar-refractivity contribution in [1.29, 1.82) is 0 Å². The summed E-state index contributed by atoms with van der Waals surface area (Å²) >= 11 is 0. The van der Waals surface area contributed by atoms with Gasteiger partial charge in [0.15, 0.2) is 0 Å². The van der Waals surface area contributed by atoms with Crippen LogP contribution in [0.4, 0.5) is 0 Å². The molecule has 0 unspecified atom stereocenters. The largest absolute Gasteiger partial charge is 0.387 e. The van der Waals surface area contributed by atoms with E-state index < -0.39 is 12.2 Å². The molecule has 2 aliphatic heterocycles. The second-order valence-corrected chi connectivity index (χ2v) is 11.0. The van der Waals surface area contributed by atoms with Gasteiger partial charge < -0.3 is 30.8 Å². The van der Waals surface area contributed by atoms with E-state index in [1.807, 2.05) is 36.4 Å². The van der Waals surface area contributed by atoms with Crippen LogP contribution >= 0.6 is 24.8 Å². The van der Waals surface area contributed by atoms with Crippen LogP contribution in [0.15, 0.2) is 46.0 Å². The number of benzene rings is 2. The van der Waals surface area contributed by atoms with Gasteiger partial charge in [0.05, 0.1) is 34.3 Å². The van der Waals surface area contributed by atoms with Crippen molar-refractivity contribution in [2.75, 3.05) is 0 Å². The van der Waals surface area contributed by atoms with Crippen LogP contribution < -0.4 is 22.0 Å². The number of imidazole rings is 2. The van der Waals surface area contributed by atoms with E-state index in [0.717, 1.165) is 46.0 Å². The molecule has 12 heteroatoms. The summed E-state index contributed by atoms with van der Waals surface area (Å²) in [6.45, 7) is 9.49. The maximum Gasteiger partial charge on any atom is 0.326 e. The SMILES string of the molecule is CC(C)N[C@@H]1CCn2c(=O)[nH]c3cccc(c32)[C@H]1O.CC(C)N[C@H]1CCn2c(=O)[nH]c3cccc(c32)[C@@H]1O.Cl.Cl. The van der Waals surface area contributed by atoms with Crippen molar-refractivity contribution < 1.29 is 10.2 Å². The average Bonchev–Trinajstić information content (AvgIpc) is 3.27. The molecule has 0 spiro atoms. The van der Waals surface area contributed by atoms with Crippen LogP contribution in [-0.4, -0.2) is 53.5 Å². The number of aliphatic hydroxyl groups excluding tert-OH is 2. The molecule has 0 radical (unpaired) electrons. The van der Waals surface area contributed by atoms with Crippen LogP contribution in [0.3, 0.4) is 0 Å². The summed E-state index contributed by atoms with van der Waals surface area (Å²) in [5.41, 5.74) is 4.73. The van der Waals surface area contributed by atoms with Crippen molar-refractivity contribution in [3.63, 3.8) is 0 Å². The van der Waals surface area contributed by atoms with Crippen molar-refractivity contribution in [3.05, 3.63) is 68.5 Å². The Morgan fingerprint density at radius 3 is 1.45 bits per heavy atom. The molecule has 2 aromatic carbocycles. The Hall–Kier alpha value is -2.60. The van der Waals surface area contributed by atoms with Crippen molar-refractivity contribution in [2.45, 2.75) is 90.0 Å². The third-order valence-electron chi connectivity index (χ3n) is 7.47. The van der Waals surface area contributed by atoms with Gasteiger partial charge in [0.2, 0.25) is 0 Å². The van der Waals surface area contributed by atoms with Crippen LogP contribution in [0.5, 0.6) is 0 Å². The van der Waals surface area contributed by atoms with E-state index in [9.17, 15) is 19.8 Å². The topological polar surface area (TPSA) is 140 Å². The van der Waals surface area contributed by atoms with E-state index in [2.05, 4.69) is 48.3 Å². The summed E-state index contributed by atoms with van der Waals surface area (Å²) in [7, 11) is 0. The number of rotatable bonds is 4. The van der Waals surface area contributed by atoms with E-state index in [1.54, 1.807) is 9.13 Å². The first-order valence-electron chi connectivity index (χ1n) is 13.5. The van der Waals surface area contributed by atoms with Gasteiger partial charge in [0.1, 0.15) is 0 Å². The van der Waals surface area contributed by atoms with E-state index in [0.29, 0.717) is 25.2 Å². The molecule has 2 aromatic heterocycles. The summed E-state index contributed by atoms with van der Waals surface area (Å²) in [6, 6.07) is 11.9. The van der Waals surface area contributed by atoms with Gasteiger partial charge in [-0.3, -0.25) is 9.13 Å². The highest BCUT2D eigenvalue weighted by Crippen LogP contribution is 2.31. The van der Waals surface area contributed by atoms with Gasteiger partial charge >= 0.3 is 11.4 Å². The molecule has 0 saturated carbocycles. The smallest absolute Gasteiger partial charge is 0.326 e. The molecule has 0 amide bonds. The lowest BCUT2D eigenvalue weighted by atomic mass is 9.99. The van der Waals surface area contributed by atoms with Gasteiger partial charge in [0, 0.05) is 48.4 Å². The maximum atomic E-state index is 11.9. The Labute approximate surface area is 245 Å². The quantitative estimate of drug-likeness (QED) is 0.214. The Morgan fingerprint density at radius 2 is 1.10 bits per heavy atom. The zero-order valence-electron chi connectivity index (χ0n) is 23.2. The van der Waals surface area contributed by atoms with Gasteiger partial charge in [-0.05, 0) is 25.0 Å². The monoisotopic (exact) mass is 594 g/mol. The van der Waals surface area contributed by atoms with Gasteiger partial charge in [-0.25, -0.2) is 9.59 Å². The Kier molecular flexibility index (Phi) is 10.3. The third-order valence-corrected chi connectivity index (χ3v) is 7.47. The number of aromatic amines is 2. The number of H-pyrrole nitrogens is 2. The standard InChI is InChI=1S/2C14H19N3O2.2ClH/c2*1-8(2)15-11-6-7-17-12-9(13(11)18)4-3-5-10(12)16-14(17)19;;/h2*3-5,8,11,13,15,18H,6-7H2,1-2H3,(H,16,19);2*1H/t2*11-,13-;;/m10../s1. The third kappa shape index (κ3) is 6.02. The molecule has 10 nitrogen and oxygen atoms in total. The summed E-state index contributed by atoms with van der Waals surface area (Å²) in [5.74, 6) is 0. The summed E-state index contributed by atoms with van der Waals surface area (Å²) in [6.07, 6.45) is 0.298. The van der Waals surface area contributed by atoms with Crippen molar-refractivity contribution >= 4 is 46.9 Å². The lowest BCUT2D eigenvalue weighted by Crippen LogP contribution is -2.39. The van der Waals surface area contributed by atoms with Crippen molar-refractivity contribution in [1.82, 2.24) is 29.7 Å². The summed E-state index contributed by atoms with van der Waals surface area (Å²) in [5, 5.41) is 27.9. The fraction of sp³-hybridized carbons (Fsp3) is 0.500. The number of aliphatic hydroxyl groups is 2. The minimum Gasteiger partial charge on any atom is -0.387 e. The normalized spacial score (nSPS) is 21.8. The highest BCUT2D eigenvalue weighted by molar-refractivity contribution is 5.85. The fourth-order valence-corrected chi connectivity index (χ4v) is 5.89. The molecule has 0 aliphatic carbocycles. The first kappa shape index (κ1) is 31.9.